The summed E-state index contributed by atoms with van der Waals surface area (Å²) in [7, 11) is 0. The Labute approximate surface area is 72.8 Å². The average molecular weight is 197 g/mol. The number of nitrogens with zero attached hydrogens (tertiary/aromatic N) is 2. The van der Waals surface area contributed by atoms with E-state index in [-0.39, 0.29) is 5.88 Å². The van der Waals surface area contributed by atoms with Crippen LogP contribution in [0.1, 0.15) is 12.6 Å². The highest BCUT2D eigenvalue weighted by Crippen LogP contribution is 2.17. The smallest absolute Gasteiger partial charge is 0.361 e. The molecule has 1 heterocycles. The predicted molar refractivity (Wildman–Crippen MR) is 42.2 cm³/mol. The minimum absolute atomic E-state index is 0.297. The maximum Gasteiger partial charge on any atom is 0.361 e. The third-order valence-electron chi connectivity index (χ3n) is 1.35. The molecule has 0 aliphatic carbocycles. The molecule has 0 amide bonds. The molecular formula is C5H6Cl2N2O2. The standard InChI is InChI=1S/C5H6Cl2N2O2/c1-2-3-4(10)9(7)5(11)8(3)6/h10H,2H2,1H3. The van der Waals surface area contributed by atoms with Crippen molar-refractivity contribution in [1.29, 1.82) is 0 Å². The van der Waals surface area contributed by atoms with Gasteiger partial charge in [0.2, 0.25) is 5.88 Å². The highest BCUT2D eigenvalue weighted by Gasteiger charge is 2.14. The van der Waals surface area contributed by atoms with Gasteiger partial charge in [-0.1, -0.05) is 6.92 Å². The first-order valence-corrected chi connectivity index (χ1v) is 3.65. The normalized spacial score (nSPS) is 10.5. The summed E-state index contributed by atoms with van der Waals surface area (Å²) >= 11 is 10.8. The van der Waals surface area contributed by atoms with Gasteiger partial charge in [-0.3, -0.25) is 0 Å². The second-order valence-corrected chi connectivity index (χ2v) is 2.64. The van der Waals surface area contributed by atoms with Crippen molar-refractivity contribution in [2.75, 3.05) is 0 Å². The van der Waals surface area contributed by atoms with Crippen LogP contribution in [0, 0.1) is 0 Å². The number of hydrogen-bond acceptors (Lipinski definition) is 2. The van der Waals surface area contributed by atoms with Gasteiger partial charge < -0.3 is 5.11 Å². The SMILES string of the molecule is CCc1c(O)n(Cl)c(=O)n1Cl. The highest BCUT2D eigenvalue weighted by molar-refractivity contribution is 6.18. The summed E-state index contributed by atoms with van der Waals surface area (Å²) in [6.45, 7) is 1.75. The molecule has 4 nitrogen and oxygen atoms in total. The third kappa shape index (κ3) is 1.12. The summed E-state index contributed by atoms with van der Waals surface area (Å²) in [5.74, 6) is -0.297. The Morgan fingerprint density at radius 2 is 2.00 bits per heavy atom. The van der Waals surface area contributed by atoms with Gasteiger partial charge in [-0.2, -0.15) is 4.09 Å². The molecule has 1 aromatic rings. The molecule has 1 rings (SSSR count). The van der Waals surface area contributed by atoms with Crippen LogP contribution in [-0.4, -0.2) is 13.3 Å². The first kappa shape index (κ1) is 8.49. The molecule has 0 saturated carbocycles. The van der Waals surface area contributed by atoms with Crippen molar-refractivity contribution in [1.82, 2.24) is 8.17 Å². The van der Waals surface area contributed by atoms with Gasteiger partial charge in [-0.15, -0.1) is 0 Å². The topological polar surface area (TPSA) is 47.2 Å². The van der Waals surface area contributed by atoms with E-state index in [0.717, 1.165) is 4.09 Å². The maximum atomic E-state index is 10.9. The zero-order valence-corrected chi connectivity index (χ0v) is 7.22. The zero-order valence-electron chi connectivity index (χ0n) is 5.71. The van der Waals surface area contributed by atoms with Crippen LogP contribution >= 0.6 is 23.6 Å². The number of imidazole rings is 1. The summed E-state index contributed by atoms with van der Waals surface area (Å²) in [4.78, 5) is 10.9. The lowest BCUT2D eigenvalue weighted by Crippen LogP contribution is -2.14. The average Bonchev–Trinajstić information content (AvgIpc) is 2.17. The minimum atomic E-state index is -0.650. The van der Waals surface area contributed by atoms with Crippen LogP contribution in [0.15, 0.2) is 4.79 Å². The van der Waals surface area contributed by atoms with E-state index in [1.165, 1.54) is 0 Å². The Morgan fingerprint density at radius 3 is 2.18 bits per heavy atom. The van der Waals surface area contributed by atoms with Crippen molar-refractivity contribution in [3.05, 3.63) is 16.2 Å². The Balaban J connectivity index is 3.48. The fourth-order valence-corrected chi connectivity index (χ4v) is 1.26. The Bertz CT molecular complexity index is 328. The first-order valence-electron chi connectivity index (χ1n) is 2.97. The number of aromatic nitrogens is 2. The van der Waals surface area contributed by atoms with Crippen LogP contribution in [0.2, 0.25) is 0 Å². The van der Waals surface area contributed by atoms with Crippen LogP contribution in [0.4, 0.5) is 0 Å². The van der Waals surface area contributed by atoms with E-state index >= 15 is 0 Å². The van der Waals surface area contributed by atoms with E-state index in [1.807, 2.05) is 0 Å². The van der Waals surface area contributed by atoms with Gasteiger partial charge in [-0.05, 0) is 6.42 Å². The van der Waals surface area contributed by atoms with Gasteiger partial charge in [0.1, 0.15) is 5.69 Å². The maximum absolute atomic E-state index is 10.9. The number of rotatable bonds is 1. The molecule has 1 aromatic heterocycles. The molecule has 0 atom stereocenters. The van der Waals surface area contributed by atoms with Crippen molar-refractivity contribution in [3.63, 3.8) is 0 Å². The van der Waals surface area contributed by atoms with Crippen molar-refractivity contribution in [2.45, 2.75) is 13.3 Å². The van der Waals surface area contributed by atoms with E-state index in [2.05, 4.69) is 0 Å². The predicted octanol–water partition coefficient (Wildman–Crippen LogP) is 0.922. The lowest BCUT2D eigenvalue weighted by molar-refractivity contribution is 0.442. The van der Waals surface area contributed by atoms with Crippen molar-refractivity contribution < 1.29 is 5.11 Å². The molecule has 0 unspecified atom stereocenters. The zero-order chi connectivity index (χ0) is 8.59. The number of aromatic hydroxyl groups is 1. The van der Waals surface area contributed by atoms with Gasteiger partial charge in [0, 0.05) is 23.6 Å². The van der Waals surface area contributed by atoms with Crippen LogP contribution in [-0.2, 0) is 6.42 Å². The van der Waals surface area contributed by atoms with E-state index in [0.29, 0.717) is 16.2 Å². The molecule has 0 fully saturated rings. The van der Waals surface area contributed by atoms with E-state index in [9.17, 15) is 4.79 Å². The summed E-state index contributed by atoms with van der Waals surface area (Å²) in [6, 6.07) is 0. The molecule has 0 aliphatic rings. The molecule has 0 aliphatic heterocycles. The molecule has 0 aromatic carbocycles. The fourth-order valence-electron chi connectivity index (χ4n) is 0.781. The Morgan fingerprint density at radius 1 is 1.45 bits per heavy atom. The van der Waals surface area contributed by atoms with E-state index in [1.54, 1.807) is 6.92 Å². The summed E-state index contributed by atoms with van der Waals surface area (Å²) < 4.78 is 1.37. The van der Waals surface area contributed by atoms with Gasteiger partial charge >= 0.3 is 5.69 Å². The lowest BCUT2D eigenvalue weighted by atomic mass is 10.4. The molecule has 0 spiro atoms. The molecule has 6 heteroatoms. The molecule has 0 radical (unpaired) electrons. The summed E-state index contributed by atoms with van der Waals surface area (Å²) in [5.41, 5.74) is -0.339. The van der Waals surface area contributed by atoms with Crippen LogP contribution < -0.4 is 5.69 Å². The molecule has 0 bridgehead atoms. The lowest BCUT2D eigenvalue weighted by Gasteiger charge is -1.92. The summed E-state index contributed by atoms with van der Waals surface area (Å²) in [5, 5.41) is 9.12. The molecule has 11 heavy (non-hydrogen) atoms. The van der Waals surface area contributed by atoms with Crippen LogP contribution in [0.5, 0.6) is 5.88 Å². The van der Waals surface area contributed by atoms with E-state index < -0.39 is 5.69 Å². The summed E-state index contributed by atoms with van der Waals surface area (Å²) in [6.07, 6.45) is 0.449. The van der Waals surface area contributed by atoms with Gasteiger partial charge in [-0.25, -0.2) is 8.88 Å². The molecule has 1 N–H and O–H groups in total. The van der Waals surface area contributed by atoms with Crippen molar-refractivity contribution >= 4 is 23.6 Å². The monoisotopic (exact) mass is 196 g/mol. The van der Waals surface area contributed by atoms with Crippen LogP contribution in [0.25, 0.3) is 0 Å². The second-order valence-electron chi connectivity index (χ2n) is 1.97. The van der Waals surface area contributed by atoms with Gasteiger partial charge in [0.25, 0.3) is 0 Å². The highest BCUT2D eigenvalue weighted by atomic mass is 35.5. The van der Waals surface area contributed by atoms with Crippen LogP contribution in [0.3, 0.4) is 0 Å². The second kappa shape index (κ2) is 2.79. The number of hydrogen-bond donors (Lipinski definition) is 1. The van der Waals surface area contributed by atoms with E-state index in [4.69, 9.17) is 28.7 Å². The van der Waals surface area contributed by atoms with Crippen molar-refractivity contribution in [2.24, 2.45) is 0 Å². The minimum Gasteiger partial charge on any atom is -0.492 e. The Hall–Kier alpha value is -0.610. The quantitative estimate of drug-likeness (QED) is 0.727. The van der Waals surface area contributed by atoms with Gasteiger partial charge in [0.15, 0.2) is 0 Å². The molecule has 0 saturated heterocycles. The third-order valence-corrected chi connectivity index (χ3v) is 2.01. The van der Waals surface area contributed by atoms with Crippen molar-refractivity contribution in [3.8, 4) is 5.88 Å². The molecule has 62 valence electrons. The first-order chi connectivity index (χ1) is 5.09. The van der Waals surface area contributed by atoms with Gasteiger partial charge in [0.05, 0.1) is 0 Å². The number of halogens is 2. The fraction of sp³-hybridized carbons (Fsp3) is 0.400. The Kier molecular flexibility index (Phi) is 2.15. The molecular weight excluding hydrogens is 191 g/mol. The largest absolute Gasteiger partial charge is 0.492 e.